The zero-order chi connectivity index (χ0) is 21.8. The number of carbonyl (C=O) groups excluding carboxylic acids is 2. The van der Waals surface area contributed by atoms with Gasteiger partial charge in [-0.15, -0.1) is 0 Å². The maximum atomic E-state index is 13.7. The largest absolute Gasteiger partial charge is 0.341 e. The molecule has 3 rings (SSSR count). The van der Waals surface area contributed by atoms with Gasteiger partial charge in [0.15, 0.2) is 0 Å². The van der Waals surface area contributed by atoms with E-state index in [-0.39, 0.29) is 23.7 Å². The second kappa shape index (κ2) is 9.88. The van der Waals surface area contributed by atoms with Crippen molar-refractivity contribution in [2.45, 2.75) is 40.2 Å². The van der Waals surface area contributed by atoms with Crippen LogP contribution >= 0.6 is 0 Å². The van der Waals surface area contributed by atoms with Crippen LogP contribution in [0, 0.1) is 24.6 Å². The summed E-state index contributed by atoms with van der Waals surface area (Å²) in [5.74, 6) is 0.885. The van der Waals surface area contributed by atoms with Crippen molar-refractivity contribution in [1.82, 2.24) is 14.7 Å². The van der Waals surface area contributed by atoms with Gasteiger partial charge < -0.3 is 10.2 Å². The highest BCUT2D eigenvalue weighted by molar-refractivity contribution is 5.94. The first kappa shape index (κ1) is 22.7. The van der Waals surface area contributed by atoms with Gasteiger partial charge in [0, 0.05) is 45.0 Å². The number of hydrogen-bond acceptors (Lipinski definition) is 4. The highest BCUT2D eigenvalue weighted by Crippen LogP contribution is 2.21. The fourth-order valence-corrected chi connectivity index (χ4v) is 4.55. The second-order valence-electron chi connectivity index (χ2n) is 9.19. The molecule has 0 unspecified atom stereocenters. The fraction of sp³-hybridized carbons (Fsp3) is 0.652. The number of aryl methyl sites for hydroxylation is 1. The Morgan fingerprint density at radius 1 is 1.13 bits per heavy atom. The molecule has 0 aliphatic carbocycles. The number of amides is 2. The molecule has 1 aromatic rings. The van der Waals surface area contributed by atoms with Crippen molar-refractivity contribution in [3.8, 4) is 0 Å². The number of anilines is 1. The fourth-order valence-electron chi connectivity index (χ4n) is 4.55. The van der Waals surface area contributed by atoms with Crippen molar-refractivity contribution in [2.75, 3.05) is 51.1 Å². The summed E-state index contributed by atoms with van der Waals surface area (Å²) in [5.41, 5.74) is 1.03. The lowest BCUT2D eigenvalue weighted by Crippen LogP contribution is -2.55. The van der Waals surface area contributed by atoms with Crippen LogP contribution in [0.3, 0.4) is 0 Å². The van der Waals surface area contributed by atoms with E-state index in [0.29, 0.717) is 29.6 Å². The molecule has 0 aromatic heterocycles. The third-order valence-corrected chi connectivity index (χ3v) is 6.35. The van der Waals surface area contributed by atoms with Crippen LogP contribution in [0.2, 0.25) is 0 Å². The summed E-state index contributed by atoms with van der Waals surface area (Å²) >= 11 is 0. The molecule has 3 atom stereocenters. The minimum Gasteiger partial charge on any atom is -0.341 e. The number of nitrogens with zero attached hydrogens (tertiary/aromatic N) is 3. The van der Waals surface area contributed by atoms with Gasteiger partial charge in [0.2, 0.25) is 11.8 Å². The summed E-state index contributed by atoms with van der Waals surface area (Å²) in [5, 5.41) is 2.81. The first-order valence-corrected chi connectivity index (χ1v) is 11.0. The first-order valence-electron chi connectivity index (χ1n) is 11.0. The Morgan fingerprint density at radius 2 is 1.77 bits per heavy atom. The van der Waals surface area contributed by atoms with E-state index >= 15 is 0 Å². The molecule has 2 aliphatic heterocycles. The summed E-state index contributed by atoms with van der Waals surface area (Å²) in [4.78, 5) is 31.6. The van der Waals surface area contributed by atoms with E-state index in [1.807, 2.05) is 11.8 Å². The monoisotopic (exact) mass is 418 g/mol. The molecule has 166 valence electrons. The molecule has 2 fully saturated rings. The van der Waals surface area contributed by atoms with E-state index in [1.165, 1.54) is 12.5 Å². The number of rotatable bonds is 5. The van der Waals surface area contributed by atoms with Crippen molar-refractivity contribution in [1.29, 1.82) is 0 Å². The van der Waals surface area contributed by atoms with Crippen LogP contribution in [-0.2, 0) is 9.59 Å². The van der Waals surface area contributed by atoms with Crippen molar-refractivity contribution in [3.05, 3.63) is 29.6 Å². The number of benzene rings is 1. The van der Waals surface area contributed by atoms with Crippen LogP contribution in [0.4, 0.5) is 10.1 Å². The minimum atomic E-state index is -0.323. The lowest BCUT2D eigenvalue weighted by Gasteiger charge is -2.39. The van der Waals surface area contributed by atoms with Gasteiger partial charge in [-0.25, -0.2) is 4.39 Å². The van der Waals surface area contributed by atoms with Crippen molar-refractivity contribution in [2.24, 2.45) is 11.8 Å². The standard InChI is InChI=1S/C23H35FN4O2/c1-16-11-17(2)14-28(13-16)22(29)15-26-7-9-27(10-8-26)19(4)23(30)25-20-6-5-18(3)21(24)12-20/h5-6,12,16-17,19H,7-11,13-15H2,1-4H3,(H,25,30)/t16-,17-,19-/m0/s1. The molecule has 1 aromatic carbocycles. The molecular formula is C23H35FN4O2. The number of carbonyl (C=O) groups is 2. The van der Waals surface area contributed by atoms with E-state index < -0.39 is 0 Å². The summed E-state index contributed by atoms with van der Waals surface area (Å²) in [7, 11) is 0. The van der Waals surface area contributed by atoms with Crippen LogP contribution in [0.5, 0.6) is 0 Å². The highest BCUT2D eigenvalue weighted by atomic mass is 19.1. The number of nitrogens with one attached hydrogen (secondary N) is 1. The van der Waals surface area contributed by atoms with Crippen LogP contribution in [0.1, 0.15) is 32.8 Å². The van der Waals surface area contributed by atoms with Crippen molar-refractivity contribution >= 4 is 17.5 Å². The van der Waals surface area contributed by atoms with E-state index in [9.17, 15) is 14.0 Å². The molecule has 2 heterocycles. The van der Waals surface area contributed by atoms with Gasteiger partial charge in [-0.1, -0.05) is 19.9 Å². The predicted octanol–water partition coefficient (Wildman–Crippen LogP) is 2.58. The van der Waals surface area contributed by atoms with E-state index in [4.69, 9.17) is 0 Å². The summed E-state index contributed by atoms with van der Waals surface area (Å²) in [6.07, 6.45) is 1.19. The molecule has 0 radical (unpaired) electrons. The zero-order valence-corrected chi connectivity index (χ0v) is 18.7. The highest BCUT2D eigenvalue weighted by Gasteiger charge is 2.29. The average Bonchev–Trinajstić information content (AvgIpc) is 2.70. The van der Waals surface area contributed by atoms with Gasteiger partial charge >= 0.3 is 0 Å². The lowest BCUT2D eigenvalue weighted by molar-refractivity contribution is -0.136. The van der Waals surface area contributed by atoms with E-state index in [0.717, 1.165) is 39.3 Å². The summed E-state index contributed by atoms with van der Waals surface area (Å²) in [6, 6.07) is 4.42. The minimum absolute atomic E-state index is 0.140. The van der Waals surface area contributed by atoms with Crippen molar-refractivity contribution in [3.63, 3.8) is 0 Å². The maximum Gasteiger partial charge on any atom is 0.241 e. The number of piperazine rings is 1. The molecule has 2 aliphatic rings. The van der Waals surface area contributed by atoms with Gasteiger partial charge in [0.25, 0.3) is 0 Å². The Morgan fingerprint density at radius 3 is 2.37 bits per heavy atom. The SMILES string of the molecule is Cc1ccc(NC(=O)[C@H](C)N2CCN(CC(=O)N3C[C@@H](C)C[C@H](C)C3)CC2)cc1F. The molecule has 2 amide bonds. The van der Waals surface area contributed by atoms with Crippen molar-refractivity contribution < 1.29 is 14.0 Å². The predicted molar refractivity (Wildman–Crippen MR) is 117 cm³/mol. The Balaban J connectivity index is 1.45. The molecule has 7 heteroatoms. The molecule has 0 spiro atoms. The quantitative estimate of drug-likeness (QED) is 0.799. The summed E-state index contributed by atoms with van der Waals surface area (Å²) in [6.45, 7) is 13.2. The third kappa shape index (κ3) is 5.79. The normalized spacial score (nSPS) is 24.5. The topological polar surface area (TPSA) is 55.9 Å². The lowest BCUT2D eigenvalue weighted by atomic mass is 9.92. The molecule has 1 N–H and O–H groups in total. The van der Waals surface area contributed by atoms with Gasteiger partial charge in [0.1, 0.15) is 5.82 Å². The summed E-state index contributed by atoms with van der Waals surface area (Å²) < 4.78 is 13.7. The molecule has 2 saturated heterocycles. The van der Waals surface area contributed by atoms with Gasteiger partial charge in [-0.2, -0.15) is 0 Å². The van der Waals surface area contributed by atoms with E-state index in [1.54, 1.807) is 19.1 Å². The zero-order valence-electron chi connectivity index (χ0n) is 18.7. The Kier molecular flexibility index (Phi) is 7.47. The maximum absolute atomic E-state index is 13.7. The van der Waals surface area contributed by atoms with Gasteiger partial charge in [0.05, 0.1) is 12.6 Å². The van der Waals surface area contributed by atoms with Crippen LogP contribution in [-0.4, -0.2) is 78.4 Å². The Labute approximate surface area is 179 Å². The third-order valence-electron chi connectivity index (χ3n) is 6.35. The smallest absolute Gasteiger partial charge is 0.241 e. The molecule has 6 nitrogen and oxygen atoms in total. The van der Waals surface area contributed by atoms with Gasteiger partial charge in [-0.3, -0.25) is 19.4 Å². The van der Waals surface area contributed by atoms with Crippen LogP contribution in [0.25, 0.3) is 0 Å². The number of hydrogen-bond donors (Lipinski definition) is 1. The Hall–Kier alpha value is -1.99. The Bertz CT molecular complexity index is 754. The average molecular weight is 419 g/mol. The van der Waals surface area contributed by atoms with E-state index in [2.05, 4.69) is 29.0 Å². The number of halogens is 1. The number of piperidine rings is 1. The number of likely N-dealkylation sites (tertiary alicyclic amines) is 1. The first-order chi connectivity index (χ1) is 14.2. The molecule has 30 heavy (non-hydrogen) atoms. The molecule has 0 bridgehead atoms. The van der Waals surface area contributed by atoms with Crippen LogP contribution < -0.4 is 5.32 Å². The van der Waals surface area contributed by atoms with Crippen LogP contribution in [0.15, 0.2) is 18.2 Å². The molecule has 0 saturated carbocycles. The molecular weight excluding hydrogens is 383 g/mol. The van der Waals surface area contributed by atoms with Gasteiger partial charge in [-0.05, 0) is 49.8 Å². The second-order valence-corrected chi connectivity index (χ2v) is 9.19.